The van der Waals surface area contributed by atoms with Gasteiger partial charge in [0.2, 0.25) is 0 Å². The Morgan fingerprint density at radius 1 is 1.31 bits per heavy atom. The van der Waals surface area contributed by atoms with Crippen molar-refractivity contribution >= 4 is 11.3 Å². The van der Waals surface area contributed by atoms with Crippen molar-refractivity contribution in [3.63, 3.8) is 0 Å². The predicted molar refractivity (Wildman–Crippen MR) is 67.4 cm³/mol. The van der Waals surface area contributed by atoms with E-state index in [-0.39, 0.29) is 0 Å². The van der Waals surface area contributed by atoms with Gasteiger partial charge in [0.15, 0.2) is 0 Å². The van der Waals surface area contributed by atoms with Crippen LogP contribution in [-0.2, 0) is 6.54 Å². The number of rotatable bonds is 4. The molecule has 2 atom stereocenters. The number of nitrogens with one attached hydrogen (secondary N) is 1. The van der Waals surface area contributed by atoms with Gasteiger partial charge in [-0.1, -0.05) is 32.1 Å². The summed E-state index contributed by atoms with van der Waals surface area (Å²) in [5.74, 6) is 2.01. The first kappa shape index (κ1) is 10.7. The molecule has 88 valence electrons. The average Bonchev–Trinajstić information content (AvgIpc) is 2.93. The van der Waals surface area contributed by atoms with Gasteiger partial charge in [0.05, 0.1) is 11.2 Å². The van der Waals surface area contributed by atoms with Crippen molar-refractivity contribution < 1.29 is 0 Å². The van der Waals surface area contributed by atoms with Crippen LogP contribution in [-0.4, -0.2) is 11.0 Å². The van der Waals surface area contributed by atoms with Crippen molar-refractivity contribution in [1.29, 1.82) is 0 Å². The zero-order valence-electron chi connectivity index (χ0n) is 9.69. The predicted octanol–water partition coefficient (Wildman–Crippen LogP) is 3.20. The van der Waals surface area contributed by atoms with Gasteiger partial charge < -0.3 is 5.32 Å². The average molecular weight is 236 g/mol. The Bertz CT molecular complexity index is 317. The lowest BCUT2D eigenvalue weighted by molar-refractivity contribution is 0.312. The normalized spacial score (nSPS) is 30.5. The minimum Gasteiger partial charge on any atom is -0.308 e. The molecule has 2 fully saturated rings. The third kappa shape index (κ3) is 2.46. The molecule has 2 aliphatic rings. The molecule has 1 heterocycles. The van der Waals surface area contributed by atoms with Crippen LogP contribution in [0.5, 0.6) is 0 Å². The van der Waals surface area contributed by atoms with Crippen molar-refractivity contribution in [1.82, 2.24) is 10.3 Å². The third-order valence-corrected chi connectivity index (χ3v) is 4.76. The molecule has 0 bridgehead atoms. The molecule has 2 saturated carbocycles. The Hall–Kier alpha value is -0.410. The van der Waals surface area contributed by atoms with Crippen LogP contribution in [0.1, 0.15) is 44.2 Å². The molecule has 0 aliphatic heterocycles. The lowest BCUT2D eigenvalue weighted by Crippen LogP contribution is -2.21. The summed E-state index contributed by atoms with van der Waals surface area (Å²) in [6.45, 7) is 0.970. The van der Waals surface area contributed by atoms with Crippen molar-refractivity contribution in [3.8, 4) is 0 Å². The molecule has 0 saturated heterocycles. The van der Waals surface area contributed by atoms with Gasteiger partial charge in [0.25, 0.3) is 0 Å². The molecular formula is C13H20N2S. The zero-order valence-corrected chi connectivity index (χ0v) is 10.5. The summed E-state index contributed by atoms with van der Waals surface area (Å²) in [5.41, 5.74) is 3.13. The number of nitrogens with zero attached hydrogens (tertiary/aromatic N) is 1. The Kier molecular flexibility index (Phi) is 3.25. The number of hydrogen-bond acceptors (Lipinski definition) is 3. The SMILES string of the molecule is c1nc(CNC2CC2C2CCCCC2)cs1. The minimum absolute atomic E-state index is 0.796. The van der Waals surface area contributed by atoms with Crippen LogP contribution in [0.3, 0.4) is 0 Å². The van der Waals surface area contributed by atoms with Gasteiger partial charge in [-0.3, -0.25) is 0 Å². The largest absolute Gasteiger partial charge is 0.308 e. The second kappa shape index (κ2) is 4.84. The van der Waals surface area contributed by atoms with Crippen LogP contribution in [0.15, 0.2) is 10.9 Å². The first-order chi connectivity index (χ1) is 7.93. The van der Waals surface area contributed by atoms with Crippen LogP contribution >= 0.6 is 11.3 Å². The summed E-state index contributed by atoms with van der Waals surface area (Å²) in [4.78, 5) is 4.31. The summed E-state index contributed by atoms with van der Waals surface area (Å²) < 4.78 is 0. The molecule has 1 aromatic rings. The first-order valence-corrected chi connectivity index (χ1v) is 7.48. The maximum atomic E-state index is 4.31. The molecule has 2 aliphatic carbocycles. The monoisotopic (exact) mass is 236 g/mol. The lowest BCUT2D eigenvalue weighted by Gasteiger charge is -2.21. The molecule has 16 heavy (non-hydrogen) atoms. The highest BCUT2D eigenvalue weighted by atomic mass is 32.1. The van der Waals surface area contributed by atoms with Crippen LogP contribution in [0.25, 0.3) is 0 Å². The summed E-state index contributed by atoms with van der Waals surface area (Å²) >= 11 is 1.69. The number of hydrogen-bond donors (Lipinski definition) is 1. The zero-order chi connectivity index (χ0) is 10.8. The second-order valence-electron chi connectivity index (χ2n) is 5.26. The minimum atomic E-state index is 0.796. The van der Waals surface area contributed by atoms with Gasteiger partial charge >= 0.3 is 0 Å². The van der Waals surface area contributed by atoms with Crippen LogP contribution < -0.4 is 5.32 Å². The highest BCUT2D eigenvalue weighted by molar-refractivity contribution is 7.07. The molecule has 0 aromatic carbocycles. The molecule has 3 rings (SSSR count). The first-order valence-electron chi connectivity index (χ1n) is 6.54. The van der Waals surface area contributed by atoms with E-state index in [0.29, 0.717) is 0 Å². The highest BCUT2D eigenvalue weighted by Gasteiger charge is 2.42. The Morgan fingerprint density at radius 2 is 2.19 bits per heavy atom. The molecule has 2 unspecified atom stereocenters. The fourth-order valence-corrected chi connectivity index (χ4v) is 3.65. The van der Waals surface area contributed by atoms with Gasteiger partial charge in [-0.05, 0) is 18.3 Å². The fourth-order valence-electron chi connectivity index (χ4n) is 3.09. The van der Waals surface area contributed by atoms with Crippen LogP contribution in [0, 0.1) is 11.8 Å². The summed E-state index contributed by atoms with van der Waals surface area (Å²) in [6.07, 6.45) is 8.80. The number of thiazole rings is 1. The van der Waals surface area contributed by atoms with E-state index in [1.165, 1.54) is 44.2 Å². The Labute approximate surface area is 101 Å². The smallest absolute Gasteiger partial charge is 0.0795 e. The van der Waals surface area contributed by atoms with Gasteiger partial charge in [0.1, 0.15) is 0 Å². The summed E-state index contributed by atoms with van der Waals surface area (Å²) in [5, 5.41) is 5.79. The van der Waals surface area contributed by atoms with E-state index in [1.807, 2.05) is 5.51 Å². The summed E-state index contributed by atoms with van der Waals surface area (Å²) in [7, 11) is 0. The molecule has 1 N–H and O–H groups in total. The summed E-state index contributed by atoms with van der Waals surface area (Å²) in [6, 6.07) is 0.796. The van der Waals surface area contributed by atoms with Crippen molar-refractivity contribution in [2.24, 2.45) is 11.8 Å². The highest BCUT2D eigenvalue weighted by Crippen LogP contribution is 2.44. The number of aromatic nitrogens is 1. The van der Waals surface area contributed by atoms with E-state index in [0.717, 1.165) is 24.4 Å². The second-order valence-corrected chi connectivity index (χ2v) is 5.98. The van der Waals surface area contributed by atoms with E-state index < -0.39 is 0 Å². The van der Waals surface area contributed by atoms with E-state index in [2.05, 4.69) is 15.7 Å². The third-order valence-electron chi connectivity index (χ3n) is 4.12. The molecule has 1 aromatic heterocycles. The quantitative estimate of drug-likeness (QED) is 0.868. The standard InChI is InChI=1S/C13H20N2S/c1-2-4-10(5-3-1)12-6-13(12)14-7-11-8-16-9-15-11/h8-10,12-14H,1-7H2. The van der Waals surface area contributed by atoms with Crippen LogP contribution in [0.2, 0.25) is 0 Å². The molecule has 0 spiro atoms. The maximum absolute atomic E-state index is 4.31. The fraction of sp³-hybridized carbons (Fsp3) is 0.769. The lowest BCUT2D eigenvalue weighted by atomic mass is 9.85. The van der Waals surface area contributed by atoms with Crippen LogP contribution in [0.4, 0.5) is 0 Å². The van der Waals surface area contributed by atoms with Gasteiger partial charge in [-0.2, -0.15) is 0 Å². The van der Waals surface area contributed by atoms with Gasteiger partial charge in [-0.15, -0.1) is 11.3 Å². The van der Waals surface area contributed by atoms with Crippen molar-refractivity contribution in [3.05, 3.63) is 16.6 Å². The molecular weight excluding hydrogens is 216 g/mol. The molecule has 0 amide bonds. The van der Waals surface area contributed by atoms with E-state index >= 15 is 0 Å². The molecule has 3 heteroatoms. The van der Waals surface area contributed by atoms with E-state index in [1.54, 1.807) is 11.3 Å². The van der Waals surface area contributed by atoms with Gasteiger partial charge in [0, 0.05) is 18.0 Å². The topological polar surface area (TPSA) is 24.9 Å². The van der Waals surface area contributed by atoms with Crippen molar-refractivity contribution in [2.75, 3.05) is 0 Å². The molecule has 0 radical (unpaired) electrons. The Balaban J connectivity index is 1.42. The van der Waals surface area contributed by atoms with E-state index in [9.17, 15) is 0 Å². The van der Waals surface area contributed by atoms with E-state index in [4.69, 9.17) is 0 Å². The van der Waals surface area contributed by atoms with Crippen molar-refractivity contribution in [2.45, 2.75) is 51.1 Å². The van der Waals surface area contributed by atoms with Gasteiger partial charge in [-0.25, -0.2) is 4.98 Å². The molecule has 2 nitrogen and oxygen atoms in total. The Morgan fingerprint density at radius 3 is 2.94 bits per heavy atom. The maximum Gasteiger partial charge on any atom is 0.0795 e.